The Morgan fingerprint density at radius 3 is 2.69 bits per heavy atom. The van der Waals surface area contributed by atoms with Crippen molar-refractivity contribution in [1.82, 2.24) is 29.3 Å². The molecule has 0 aliphatic carbocycles. The summed E-state index contributed by atoms with van der Waals surface area (Å²) in [6, 6.07) is 5.78. The van der Waals surface area contributed by atoms with E-state index in [0.717, 1.165) is 25.9 Å². The van der Waals surface area contributed by atoms with Crippen LogP contribution in [0.15, 0.2) is 49.1 Å². The van der Waals surface area contributed by atoms with Gasteiger partial charge in [-0.2, -0.15) is 19.0 Å². The second-order valence-electron chi connectivity index (χ2n) is 8.82. The van der Waals surface area contributed by atoms with E-state index in [9.17, 15) is 18.4 Å². The molecule has 0 saturated heterocycles. The van der Waals surface area contributed by atoms with Crippen LogP contribution in [-0.4, -0.2) is 67.2 Å². The number of nitrogens with one attached hydrogen (secondary N) is 1. The Hall–Kier alpha value is -3.90. The SMILES string of the molecule is CCCN(CCC)CC(=O)Cn1cc(NC(=O)c2cnn3cccnc23)c(-c2cc(Cl)ccc2OC(F)F)n1. The molecular weight excluding hydrogens is 532 g/mol. The zero-order chi connectivity index (χ0) is 27.9. The first kappa shape index (κ1) is 28.1. The Morgan fingerprint density at radius 2 is 1.97 bits per heavy atom. The van der Waals surface area contributed by atoms with Gasteiger partial charge in [-0.1, -0.05) is 25.4 Å². The van der Waals surface area contributed by atoms with Gasteiger partial charge in [-0.25, -0.2) is 9.50 Å². The van der Waals surface area contributed by atoms with Crippen LogP contribution in [0.25, 0.3) is 16.9 Å². The fourth-order valence-corrected chi connectivity index (χ4v) is 4.41. The van der Waals surface area contributed by atoms with Crippen molar-refractivity contribution in [2.24, 2.45) is 0 Å². The van der Waals surface area contributed by atoms with E-state index >= 15 is 0 Å². The number of alkyl halides is 2. The molecule has 0 fully saturated rings. The van der Waals surface area contributed by atoms with E-state index in [2.05, 4.69) is 25.4 Å². The molecule has 3 heterocycles. The van der Waals surface area contributed by atoms with Crippen molar-refractivity contribution in [2.45, 2.75) is 39.8 Å². The predicted octanol–water partition coefficient (Wildman–Crippen LogP) is 4.79. The summed E-state index contributed by atoms with van der Waals surface area (Å²) in [6.45, 7) is 2.72. The molecule has 1 aromatic carbocycles. The summed E-state index contributed by atoms with van der Waals surface area (Å²) in [5, 5.41) is 11.6. The quantitative estimate of drug-likeness (QED) is 0.251. The number of ketones is 1. The molecule has 0 bridgehead atoms. The van der Waals surface area contributed by atoms with Crippen LogP contribution in [0.3, 0.4) is 0 Å². The van der Waals surface area contributed by atoms with E-state index in [4.69, 9.17) is 16.3 Å². The minimum absolute atomic E-state index is 0.0866. The van der Waals surface area contributed by atoms with Crippen LogP contribution in [0.4, 0.5) is 14.5 Å². The van der Waals surface area contributed by atoms with Crippen LogP contribution in [-0.2, 0) is 11.3 Å². The van der Waals surface area contributed by atoms with E-state index in [-0.39, 0.29) is 52.2 Å². The highest BCUT2D eigenvalue weighted by Crippen LogP contribution is 2.37. The van der Waals surface area contributed by atoms with Crippen LogP contribution in [0.2, 0.25) is 5.02 Å². The number of aromatic nitrogens is 5. The van der Waals surface area contributed by atoms with Crippen LogP contribution in [0, 0.1) is 0 Å². The normalized spacial score (nSPS) is 11.5. The summed E-state index contributed by atoms with van der Waals surface area (Å²) in [5.74, 6) is -0.826. The largest absolute Gasteiger partial charge is 0.434 e. The Morgan fingerprint density at radius 1 is 1.21 bits per heavy atom. The number of amides is 1. The molecule has 1 amide bonds. The maximum Gasteiger partial charge on any atom is 0.387 e. The van der Waals surface area contributed by atoms with Crippen molar-refractivity contribution in [1.29, 1.82) is 0 Å². The van der Waals surface area contributed by atoms with Crippen molar-refractivity contribution in [3.63, 3.8) is 0 Å². The number of hydrogen-bond donors (Lipinski definition) is 1. The number of anilines is 1. The zero-order valence-electron chi connectivity index (χ0n) is 21.5. The minimum Gasteiger partial charge on any atom is -0.434 e. The number of rotatable bonds is 13. The average molecular weight is 560 g/mol. The molecule has 0 radical (unpaired) electrons. The fraction of sp³-hybridized carbons (Fsp3) is 0.346. The van der Waals surface area contributed by atoms with Crippen molar-refractivity contribution in [3.8, 4) is 17.0 Å². The molecule has 13 heteroatoms. The van der Waals surface area contributed by atoms with Crippen LogP contribution in [0.1, 0.15) is 37.0 Å². The van der Waals surface area contributed by atoms with Crippen LogP contribution >= 0.6 is 11.6 Å². The lowest BCUT2D eigenvalue weighted by atomic mass is 10.1. The highest BCUT2D eigenvalue weighted by atomic mass is 35.5. The Kier molecular flexibility index (Phi) is 9.20. The molecule has 39 heavy (non-hydrogen) atoms. The van der Waals surface area contributed by atoms with Crippen molar-refractivity contribution in [3.05, 3.63) is 59.6 Å². The van der Waals surface area contributed by atoms with Gasteiger partial charge in [-0.05, 0) is 50.2 Å². The van der Waals surface area contributed by atoms with Crippen LogP contribution in [0.5, 0.6) is 5.75 Å². The van der Waals surface area contributed by atoms with Gasteiger partial charge >= 0.3 is 6.61 Å². The Balaban J connectivity index is 1.69. The van der Waals surface area contributed by atoms with E-state index in [0.29, 0.717) is 5.65 Å². The van der Waals surface area contributed by atoms with Gasteiger partial charge in [0.25, 0.3) is 5.91 Å². The lowest BCUT2D eigenvalue weighted by molar-refractivity contribution is -0.121. The van der Waals surface area contributed by atoms with E-state index in [1.165, 1.54) is 46.0 Å². The van der Waals surface area contributed by atoms with Gasteiger partial charge in [-0.15, -0.1) is 0 Å². The minimum atomic E-state index is -3.10. The number of halogens is 3. The highest BCUT2D eigenvalue weighted by Gasteiger charge is 2.23. The Bertz CT molecular complexity index is 1450. The molecule has 0 spiro atoms. The van der Waals surface area contributed by atoms with E-state index in [1.54, 1.807) is 12.3 Å². The molecule has 0 atom stereocenters. The standard InChI is InChI=1S/C26H28ClF2N7O3/c1-3-9-34(10-4-2)14-18(37)15-35-16-21(32-25(38)20-13-31-36-11-5-8-30-24(20)36)23(33-35)19-12-17(27)6-7-22(19)39-26(28)29/h5-8,11-13,16,26H,3-4,9-10,14-15H2,1-2H3,(H,32,38). The van der Waals surface area contributed by atoms with Gasteiger partial charge in [0.1, 0.15) is 23.6 Å². The summed E-state index contributed by atoms with van der Waals surface area (Å²) in [6.07, 6.45) is 7.84. The van der Waals surface area contributed by atoms with E-state index < -0.39 is 12.5 Å². The van der Waals surface area contributed by atoms with Gasteiger partial charge < -0.3 is 10.1 Å². The summed E-state index contributed by atoms with van der Waals surface area (Å²) >= 11 is 6.17. The topological polar surface area (TPSA) is 107 Å². The van der Waals surface area contributed by atoms with Crippen molar-refractivity contribution >= 4 is 34.6 Å². The Labute approximate surface area is 228 Å². The van der Waals surface area contributed by atoms with Crippen molar-refractivity contribution in [2.75, 3.05) is 25.0 Å². The number of carbonyl (C=O) groups excluding carboxylic acids is 2. The number of benzene rings is 1. The second kappa shape index (κ2) is 12.8. The smallest absolute Gasteiger partial charge is 0.387 e. The second-order valence-corrected chi connectivity index (χ2v) is 9.26. The highest BCUT2D eigenvalue weighted by molar-refractivity contribution is 6.31. The molecule has 1 N–H and O–H groups in total. The molecule has 3 aromatic heterocycles. The molecule has 4 rings (SSSR count). The first-order valence-corrected chi connectivity index (χ1v) is 12.8. The molecule has 10 nitrogen and oxygen atoms in total. The number of hydrogen-bond acceptors (Lipinski definition) is 7. The molecule has 206 valence electrons. The molecular formula is C26H28ClF2N7O3. The number of Topliss-reactive ketones (excluding diaryl/α,β-unsaturated/α-hetero) is 1. The zero-order valence-corrected chi connectivity index (χ0v) is 22.2. The number of nitrogens with zero attached hydrogens (tertiary/aromatic N) is 6. The predicted molar refractivity (Wildman–Crippen MR) is 142 cm³/mol. The molecule has 0 saturated carbocycles. The van der Waals surface area contributed by atoms with Crippen LogP contribution < -0.4 is 10.1 Å². The van der Waals surface area contributed by atoms with Gasteiger partial charge in [0, 0.05) is 29.2 Å². The lowest BCUT2D eigenvalue weighted by Gasteiger charge is -2.19. The van der Waals surface area contributed by atoms with Gasteiger partial charge in [0.15, 0.2) is 11.4 Å². The molecule has 4 aromatic rings. The number of ether oxygens (including phenoxy) is 1. The van der Waals surface area contributed by atoms with Crippen molar-refractivity contribution < 1.29 is 23.1 Å². The average Bonchev–Trinajstić information content (AvgIpc) is 3.49. The third-order valence-corrected chi connectivity index (χ3v) is 6.00. The molecule has 0 aliphatic rings. The summed E-state index contributed by atoms with van der Waals surface area (Å²) < 4.78 is 33.8. The summed E-state index contributed by atoms with van der Waals surface area (Å²) in [4.78, 5) is 32.4. The van der Waals surface area contributed by atoms with Gasteiger partial charge in [0.05, 0.1) is 18.4 Å². The molecule has 0 unspecified atom stereocenters. The molecule has 0 aliphatic heterocycles. The van der Waals surface area contributed by atoms with Gasteiger partial charge in [0.2, 0.25) is 0 Å². The third-order valence-electron chi connectivity index (χ3n) is 5.76. The number of fused-ring (bicyclic) bond motifs is 1. The maximum atomic E-state index is 13.2. The summed E-state index contributed by atoms with van der Waals surface area (Å²) in [7, 11) is 0. The first-order chi connectivity index (χ1) is 18.8. The first-order valence-electron chi connectivity index (χ1n) is 12.4. The lowest BCUT2D eigenvalue weighted by Crippen LogP contribution is -2.33. The number of carbonyl (C=O) groups is 2. The fourth-order valence-electron chi connectivity index (χ4n) is 4.24. The maximum absolute atomic E-state index is 13.2. The van der Waals surface area contributed by atoms with E-state index in [1.807, 2.05) is 13.8 Å². The monoisotopic (exact) mass is 559 g/mol. The third kappa shape index (κ3) is 6.95. The van der Waals surface area contributed by atoms with Gasteiger partial charge in [-0.3, -0.25) is 19.2 Å². The summed E-state index contributed by atoms with van der Waals surface area (Å²) in [5.41, 5.74) is 0.924.